The summed E-state index contributed by atoms with van der Waals surface area (Å²) in [5.74, 6) is -2.90. The first-order valence-corrected chi connectivity index (χ1v) is 27.7. The average Bonchev–Trinajstić information content (AvgIpc) is 4.34. The number of nitrogens with one attached hydrogen (secondary N) is 3. The zero-order chi connectivity index (χ0) is 56.3. The number of piperidine rings is 1. The number of H-pyrrole nitrogens is 1. The quantitative estimate of drug-likeness (QED) is 0.0726. The van der Waals surface area contributed by atoms with E-state index in [0.717, 1.165) is 22.3 Å². The van der Waals surface area contributed by atoms with Crippen LogP contribution in [-0.4, -0.2) is 155 Å². The predicted octanol–water partition coefficient (Wildman–Crippen LogP) is 5.91. The Labute approximate surface area is 463 Å². The number of aromatic nitrogens is 3. The second-order valence-corrected chi connectivity index (χ2v) is 23.2. The molecule has 420 valence electrons. The number of aliphatic hydroxyl groups is 1. The van der Waals surface area contributed by atoms with E-state index in [-0.39, 0.29) is 24.1 Å². The van der Waals surface area contributed by atoms with Gasteiger partial charge in [-0.3, -0.25) is 19.3 Å². The van der Waals surface area contributed by atoms with Crippen molar-refractivity contribution < 1.29 is 52.4 Å². The van der Waals surface area contributed by atoms with Crippen LogP contribution in [0.4, 0.5) is 20.6 Å². The number of carbonyl (C=O) groups excluding carboxylic acids is 5. The van der Waals surface area contributed by atoms with E-state index in [1.807, 2.05) is 61.4 Å². The number of methoxy groups -OCH3 is 3. The molecule has 3 fully saturated rings. The van der Waals surface area contributed by atoms with Gasteiger partial charge in [-0.1, -0.05) is 32.1 Å². The highest BCUT2D eigenvalue weighted by molar-refractivity contribution is 6.03. The molecule has 1 unspecified atom stereocenters. The van der Waals surface area contributed by atoms with Crippen LogP contribution in [0.2, 0.25) is 0 Å². The largest absolute Gasteiger partial charge is 0.496 e. The van der Waals surface area contributed by atoms with Crippen molar-refractivity contribution >= 4 is 52.1 Å². The van der Waals surface area contributed by atoms with Gasteiger partial charge in [0.25, 0.3) is 5.91 Å². The van der Waals surface area contributed by atoms with Crippen LogP contribution in [0.25, 0.3) is 10.9 Å². The van der Waals surface area contributed by atoms with Gasteiger partial charge in [-0.05, 0) is 122 Å². The minimum absolute atomic E-state index is 0.174. The van der Waals surface area contributed by atoms with Crippen LogP contribution in [-0.2, 0) is 58.9 Å². The molecule has 10 atom stereocenters. The maximum atomic E-state index is 15.9. The van der Waals surface area contributed by atoms with Gasteiger partial charge in [-0.15, -0.1) is 5.10 Å². The Balaban J connectivity index is 0.975. The minimum Gasteiger partial charge on any atom is -0.496 e. The minimum atomic E-state index is -2.39. The molecule has 7 aliphatic rings. The third-order valence-corrected chi connectivity index (χ3v) is 19.3. The number of halogens is 1. The number of nitrogens with zero attached hydrogens (tertiary/aromatic N) is 6. The van der Waals surface area contributed by atoms with E-state index in [2.05, 4.69) is 42.5 Å². The monoisotopic (exact) mass is 1090 g/mol. The zero-order valence-corrected chi connectivity index (χ0v) is 46.2. The molecular formula is C60H68FN9O10. The number of likely N-dealkylation sites (N-methyl/N-ethyl adjacent to an activating group) is 1. The number of ether oxygens (including phenoxy) is 4. The molecule has 20 heteroatoms. The third-order valence-electron chi connectivity index (χ3n) is 19.3. The lowest BCUT2D eigenvalue weighted by atomic mass is 9.47. The molecule has 0 radical (unpaired) electrons. The summed E-state index contributed by atoms with van der Waals surface area (Å²) in [5, 5.41) is 28.3. The van der Waals surface area contributed by atoms with Crippen molar-refractivity contribution in [2.24, 2.45) is 11.3 Å². The summed E-state index contributed by atoms with van der Waals surface area (Å²) >= 11 is 0. The maximum absolute atomic E-state index is 15.9. The molecule has 1 spiro atoms. The second-order valence-electron chi connectivity index (χ2n) is 23.2. The van der Waals surface area contributed by atoms with Gasteiger partial charge in [0, 0.05) is 116 Å². The van der Waals surface area contributed by atoms with E-state index in [4.69, 9.17) is 18.9 Å². The molecule has 3 amide bonds. The first kappa shape index (κ1) is 53.2. The molecule has 3 aromatic carbocycles. The van der Waals surface area contributed by atoms with Gasteiger partial charge < -0.3 is 54.4 Å². The number of fused-ring (bicyclic) bond motifs is 7. The van der Waals surface area contributed by atoms with Gasteiger partial charge in [0.05, 0.1) is 32.9 Å². The summed E-state index contributed by atoms with van der Waals surface area (Å²) in [5.41, 5.74) is -0.430. The summed E-state index contributed by atoms with van der Waals surface area (Å²) < 4.78 is 39.9. The van der Waals surface area contributed by atoms with Crippen molar-refractivity contribution in [2.75, 3.05) is 71.3 Å². The smallest absolute Gasteiger partial charge is 0.344 e. The fourth-order valence-corrected chi connectivity index (χ4v) is 16.3. The van der Waals surface area contributed by atoms with Crippen molar-refractivity contribution in [3.8, 4) is 5.75 Å². The fraction of sp³-hybridized carbons (Fsp3) is 0.483. The Hall–Kier alpha value is -7.42. The van der Waals surface area contributed by atoms with Gasteiger partial charge in [0.2, 0.25) is 5.60 Å². The Bertz CT molecular complexity index is 3410. The molecule has 4 N–H and O–H groups in total. The highest BCUT2D eigenvalue weighted by Gasteiger charge is 2.80. The van der Waals surface area contributed by atoms with Crippen LogP contribution in [0.3, 0.4) is 0 Å². The SMILES string of the molecule is CC[C@]1(NC(=O)N2Cc3ccc(NC(=O)c4cccnn4)cc3C2)C[C@H]2CN(CCc3c([nH]c4ccc(F)cc34)[C@@](C(=O)OC)(c3cc4c(cc3OC)N(C)[C@H]3[C@@](O)(C(=O)OC)[C@H](OC(C)=O)[C@]5(CC)C=CCN6CC[C@]43[C@@H]65)C2)C1. The van der Waals surface area contributed by atoms with Crippen LogP contribution >= 0.6 is 0 Å². The topological polar surface area (TPSA) is 221 Å². The number of aromatic amines is 1. The van der Waals surface area contributed by atoms with Crippen LogP contribution in [0.1, 0.15) is 96.9 Å². The number of amides is 3. The Morgan fingerprint density at radius 2 is 1.71 bits per heavy atom. The maximum Gasteiger partial charge on any atom is 0.344 e. The molecule has 1 saturated carbocycles. The van der Waals surface area contributed by atoms with Crippen LogP contribution in [0.15, 0.2) is 79.0 Å². The molecule has 19 nitrogen and oxygen atoms in total. The van der Waals surface area contributed by atoms with Crippen LogP contribution in [0, 0.1) is 17.2 Å². The summed E-state index contributed by atoms with van der Waals surface area (Å²) in [7, 11) is 5.98. The van der Waals surface area contributed by atoms with Gasteiger partial charge in [-0.2, -0.15) is 5.10 Å². The van der Waals surface area contributed by atoms with E-state index in [0.29, 0.717) is 117 Å². The van der Waals surface area contributed by atoms with Crippen molar-refractivity contribution in [3.63, 3.8) is 0 Å². The Morgan fingerprint density at radius 3 is 2.44 bits per heavy atom. The Kier molecular flexibility index (Phi) is 12.9. The Morgan fingerprint density at radius 1 is 0.912 bits per heavy atom. The van der Waals surface area contributed by atoms with E-state index in [1.165, 1.54) is 39.5 Å². The number of urea groups is 1. The summed E-state index contributed by atoms with van der Waals surface area (Å²) in [6.45, 7) is 8.79. The molecule has 6 aliphatic heterocycles. The van der Waals surface area contributed by atoms with Crippen LogP contribution in [0.5, 0.6) is 5.75 Å². The summed E-state index contributed by atoms with van der Waals surface area (Å²) in [6, 6.07) is 15.7. The molecule has 5 aromatic rings. The first-order chi connectivity index (χ1) is 38.4. The van der Waals surface area contributed by atoms with Crippen molar-refractivity contribution in [2.45, 2.75) is 113 Å². The standard InChI is InChI=1S/C60H68FN9O10/c1-8-56(65-55(75)70-31-36-13-15-39(24-37(36)32-70)63-49(72)45-12-10-20-62-66-45)28-35-29-59(53(73)78-6,48-40(17-22-68(30-35)33-56)41-25-38(61)14-16-44(41)64-48)43-26-42-46(27-47(43)77-5)67(4)51-58(42)19-23-69-21-11-18-57(9-2,50(58)69)52(80-34(3)71)60(51,76)54(74)79-7/h10-16,18,20,24-27,35,50-52,64,76H,8-9,17,19,21-23,28-33H2,1-7H3,(H,63,72)(H,65,75)/t35-,50+,51-,52-,56+,57-,58-,59+,60+/m1/s1. The molecular weight excluding hydrogens is 1030 g/mol. The summed E-state index contributed by atoms with van der Waals surface area (Å²) in [6.07, 6.45) is 6.71. The van der Waals surface area contributed by atoms with Gasteiger partial charge in [-0.25, -0.2) is 14.0 Å². The lowest BCUT2D eigenvalue weighted by molar-refractivity contribution is -0.228. The number of anilines is 2. The molecule has 2 saturated heterocycles. The van der Waals surface area contributed by atoms with E-state index >= 15 is 9.18 Å². The fourth-order valence-electron chi connectivity index (χ4n) is 16.3. The number of rotatable bonds is 10. The number of carbonyl (C=O) groups is 5. The van der Waals surface area contributed by atoms with E-state index in [9.17, 15) is 24.3 Å². The van der Waals surface area contributed by atoms with Crippen molar-refractivity contribution in [3.05, 3.63) is 124 Å². The van der Waals surface area contributed by atoms with Gasteiger partial charge >= 0.3 is 23.9 Å². The van der Waals surface area contributed by atoms with Gasteiger partial charge in [0.15, 0.2) is 11.8 Å². The molecule has 2 aromatic heterocycles. The van der Waals surface area contributed by atoms with Gasteiger partial charge in [0.1, 0.15) is 17.0 Å². The number of hydrogen-bond acceptors (Lipinski definition) is 15. The zero-order valence-electron chi connectivity index (χ0n) is 46.2. The average molecular weight is 1090 g/mol. The van der Waals surface area contributed by atoms with E-state index in [1.54, 1.807) is 30.2 Å². The highest BCUT2D eigenvalue weighted by atomic mass is 19.1. The molecule has 2 bridgehead atoms. The lowest BCUT2D eigenvalue weighted by Gasteiger charge is -2.63. The van der Waals surface area contributed by atoms with Crippen LogP contribution < -0.4 is 20.3 Å². The first-order valence-electron chi connectivity index (χ1n) is 27.7. The molecule has 8 heterocycles. The number of esters is 3. The van der Waals surface area contributed by atoms with Crippen molar-refractivity contribution in [1.29, 1.82) is 0 Å². The lowest BCUT2D eigenvalue weighted by Crippen LogP contribution is -2.81. The van der Waals surface area contributed by atoms with E-state index < -0.39 is 75.2 Å². The molecule has 1 aliphatic carbocycles. The predicted molar refractivity (Wildman–Crippen MR) is 292 cm³/mol. The summed E-state index contributed by atoms with van der Waals surface area (Å²) in [4.78, 5) is 83.5. The second kappa shape index (κ2) is 19.4. The number of hydrogen-bond donors (Lipinski definition) is 4. The third kappa shape index (κ3) is 7.71. The molecule has 12 rings (SSSR count). The normalized spacial score (nSPS) is 30.8. The molecule has 80 heavy (non-hydrogen) atoms. The highest BCUT2D eigenvalue weighted by Crippen LogP contribution is 2.68. The van der Waals surface area contributed by atoms with Crippen molar-refractivity contribution in [1.82, 2.24) is 35.2 Å². The number of benzene rings is 3.